The molecule has 190 valence electrons. The van der Waals surface area contributed by atoms with Crippen LogP contribution < -0.4 is 10.6 Å². The van der Waals surface area contributed by atoms with Gasteiger partial charge in [-0.25, -0.2) is 9.97 Å². The number of hydrogen-bond donors (Lipinski definition) is 2. The summed E-state index contributed by atoms with van der Waals surface area (Å²) in [7, 11) is 4.13. The van der Waals surface area contributed by atoms with E-state index >= 15 is 0 Å². The highest BCUT2D eigenvalue weighted by molar-refractivity contribution is 6.00. The second-order valence-electron chi connectivity index (χ2n) is 9.91. The molecule has 3 heterocycles. The standard InChI is InChI=1S/C30H34N6O/c1-5-28(37)32-25-19-24(20(2)18-21(25)10-8-16-35(3)4)34-30-31-15-14-23(33-30)29-22-11-6-7-12-26(22)36-17-9-13-27(29)36/h5-7,11-12,14-15,18-19H,1,8-10,13,16-17H2,2-4H3,(H,32,37)(H,31,33,34). The van der Waals surface area contributed by atoms with E-state index in [0.29, 0.717) is 5.95 Å². The molecular weight excluding hydrogens is 460 g/mol. The Morgan fingerprint density at radius 2 is 2.03 bits per heavy atom. The number of amides is 1. The maximum atomic E-state index is 12.2. The topological polar surface area (TPSA) is 75.1 Å². The van der Waals surface area contributed by atoms with Crippen molar-refractivity contribution in [2.45, 2.75) is 39.2 Å². The first-order chi connectivity index (χ1) is 17.9. The highest BCUT2D eigenvalue weighted by Crippen LogP contribution is 2.38. The van der Waals surface area contributed by atoms with Crippen LogP contribution in [0.3, 0.4) is 0 Å². The van der Waals surface area contributed by atoms with E-state index in [1.54, 1.807) is 0 Å². The van der Waals surface area contributed by atoms with Crippen molar-refractivity contribution in [3.05, 3.63) is 78.1 Å². The minimum atomic E-state index is -0.226. The van der Waals surface area contributed by atoms with Crippen molar-refractivity contribution < 1.29 is 4.79 Å². The summed E-state index contributed by atoms with van der Waals surface area (Å²) in [6, 6.07) is 14.7. The average molecular weight is 495 g/mol. The smallest absolute Gasteiger partial charge is 0.247 e. The molecule has 1 aliphatic rings. The summed E-state index contributed by atoms with van der Waals surface area (Å²) in [6.45, 7) is 7.69. The molecular formula is C30H34N6O. The third-order valence-electron chi connectivity index (χ3n) is 6.98. The Balaban J connectivity index is 1.47. The minimum absolute atomic E-state index is 0.226. The Kier molecular flexibility index (Phi) is 7.06. The van der Waals surface area contributed by atoms with Crippen LogP contribution in [0.4, 0.5) is 17.3 Å². The fourth-order valence-electron chi connectivity index (χ4n) is 5.24. The molecule has 2 aromatic carbocycles. The molecule has 7 heteroatoms. The van der Waals surface area contributed by atoms with Gasteiger partial charge in [-0.2, -0.15) is 0 Å². The average Bonchev–Trinajstić information content (AvgIpc) is 3.47. The summed E-state index contributed by atoms with van der Waals surface area (Å²) in [6.07, 6.45) is 7.18. The first-order valence-electron chi connectivity index (χ1n) is 12.9. The lowest BCUT2D eigenvalue weighted by Crippen LogP contribution is -2.15. The minimum Gasteiger partial charge on any atom is -0.344 e. The van der Waals surface area contributed by atoms with Crippen molar-refractivity contribution in [2.75, 3.05) is 31.3 Å². The van der Waals surface area contributed by atoms with Crippen LogP contribution in [0.15, 0.2) is 61.3 Å². The fraction of sp³-hybridized carbons (Fsp3) is 0.300. The van der Waals surface area contributed by atoms with Gasteiger partial charge in [0.15, 0.2) is 0 Å². The van der Waals surface area contributed by atoms with Gasteiger partial charge < -0.3 is 20.1 Å². The fourth-order valence-corrected chi connectivity index (χ4v) is 5.24. The number of nitrogens with zero attached hydrogens (tertiary/aromatic N) is 4. The molecule has 0 fully saturated rings. The Labute approximate surface area is 218 Å². The molecule has 37 heavy (non-hydrogen) atoms. The van der Waals surface area contributed by atoms with Crippen LogP contribution in [0.1, 0.15) is 29.7 Å². The van der Waals surface area contributed by atoms with E-state index in [4.69, 9.17) is 4.98 Å². The third-order valence-corrected chi connectivity index (χ3v) is 6.98. The molecule has 2 N–H and O–H groups in total. The molecule has 0 saturated carbocycles. The highest BCUT2D eigenvalue weighted by atomic mass is 16.1. The number of carbonyl (C=O) groups is 1. The van der Waals surface area contributed by atoms with E-state index in [1.807, 2.05) is 18.3 Å². The van der Waals surface area contributed by atoms with Crippen LogP contribution in [-0.4, -0.2) is 46.0 Å². The maximum Gasteiger partial charge on any atom is 0.247 e. The summed E-state index contributed by atoms with van der Waals surface area (Å²) in [4.78, 5) is 23.8. The summed E-state index contributed by atoms with van der Waals surface area (Å²) in [5.74, 6) is 0.306. The lowest BCUT2D eigenvalue weighted by Gasteiger charge is -2.17. The largest absolute Gasteiger partial charge is 0.344 e. The molecule has 1 aliphatic heterocycles. The number of aryl methyl sites for hydroxylation is 3. The van der Waals surface area contributed by atoms with Crippen LogP contribution in [0, 0.1) is 6.92 Å². The van der Waals surface area contributed by atoms with Gasteiger partial charge >= 0.3 is 0 Å². The SMILES string of the molecule is C=CC(=O)Nc1cc(Nc2nccc(-c3c4n(c5ccccc35)CCC4)n2)c(C)cc1CCCN(C)C. The van der Waals surface area contributed by atoms with Gasteiger partial charge in [0.05, 0.1) is 5.69 Å². The maximum absolute atomic E-state index is 12.2. The molecule has 2 aromatic heterocycles. The van der Waals surface area contributed by atoms with E-state index in [9.17, 15) is 4.79 Å². The molecule has 0 radical (unpaired) electrons. The summed E-state index contributed by atoms with van der Waals surface area (Å²) in [5, 5.41) is 7.62. The van der Waals surface area contributed by atoms with Gasteiger partial charge in [0.1, 0.15) is 0 Å². The predicted octanol–water partition coefficient (Wildman–Crippen LogP) is 5.72. The van der Waals surface area contributed by atoms with E-state index < -0.39 is 0 Å². The van der Waals surface area contributed by atoms with Crippen LogP contribution in [-0.2, 0) is 24.2 Å². The molecule has 0 aliphatic carbocycles. The first kappa shape index (κ1) is 24.7. The van der Waals surface area contributed by atoms with Gasteiger partial charge in [-0.1, -0.05) is 30.8 Å². The number of carbonyl (C=O) groups excluding carboxylic acids is 1. The Bertz CT molecular complexity index is 1470. The lowest BCUT2D eigenvalue weighted by atomic mass is 10.0. The van der Waals surface area contributed by atoms with Gasteiger partial charge in [-0.3, -0.25) is 4.79 Å². The second-order valence-corrected chi connectivity index (χ2v) is 9.91. The van der Waals surface area contributed by atoms with Gasteiger partial charge in [0.25, 0.3) is 0 Å². The molecule has 4 aromatic rings. The van der Waals surface area contributed by atoms with Gasteiger partial charge in [0, 0.05) is 46.3 Å². The molecule has 0 bridgehead atoms. The predicted molar refractivity (Wildman–Crippen MR) is 151 cm³/mol. The Hall–Kier alpha value is -3.97. The molecule has 1 amide bonds. The van der Waals surface area contributed by atoms with Gasteiger partial charge in [0.2, 0.25) is 11.9 Å². The van der Waals surface area contributed by atoms with Crippen molar-refractivity contribution in [3.63, 3.8) is 0 Å². The molecule has 0 saturated heterocycles. The van der Waals surface area contributed by atoms with E-state index in [0.717, 1.165) is 67.0 Å². The number of fused-ring (bicyclic) bond motifs is 3. The normalized spacial score (nSPS) is 12.6. The molecule has 0 spiro atoms. The highest BCUT2D eigenvalue weighted by Gasteiger charge is 2.23. The zero-order valence-corrected chi connectivity index (χ0v) is 21.8. The number of aromatic nitrogens is 3. The monoisotopic (exact) mass is 494 g/mol. The Morgan fingerprint density at radius 3 is 2.84 bits per heavy atom. The first-order valence-corrected chi connectivity index (χ1v) is 12.9. The Morgan fingerprint density at radius 1 is 1.19 bits per heavy atom. The van der Waals surface area contributed by atoms with Crippen molar-refractivity contribution in [2.24, 2.45) is 0 Å². The van der Waals surface area contributed by atoms with E-state index in [1.165, 1.54) is 28.2 Å². The van der Waals surface area contributed by atoms with Crippen molar-refractivity contribution in [1.29, 1.82) is 0 Å². The number of para-hydroxylation sites is 1. The van der Waals surface area contributed by atoms with Crippen LogP contribution in [0.2, 0.25) is 0 Å². The number of rotatable bonds is 9. The molecule has 0 unspecified atom stereocenters. The van der Waals surface area contributed by atoms with Crippen molar-refractivity contribution >= 4 is 34.1 Å². The number of benzene rings is 2. The summed E-state index contributed by atoms with van der Waals surface area (Å²) < 4.78 is 2.42. The third kappa shape index (κ3) is 5.13. The lowest BCUT2D eigenvalue weighted by molar-refractivity contribution is -0.111. The quantitative estimate of drug-likeness (QED) is 0.291. The van der Waals surface area contributed by atoms with Gasteiger partial charge in [-0.05, 0) is 88.6 Å². The zero-order chi connectivity index (χ0) is 25.9. The number of nitrogens with one attached hydrogen (secondary N) is 2. The molecule has 0 atom stereocenters. The number of hydrogen-bond acceptors (Lipinski definition) is 5. The molecule has 5 rings (SSSR count). The number of anilines is 3. The summed E-state index contributed by atoms with van der Waals surface area (Å²) >= 11 is 0. The van der Waals surface area contributed by atoms with Crippen LogP contribution >= 0.6 is 0 Å². The van der Waals surface area contributed by atoms with Gasteiger partial charge in [-0.15, -0.1) is 0 Å². The zero-order valence-electron chi connectivity index (χ0n) is 21.8. The van der Waals surface area contributed by atoms with Crippen LogP contribution in [0.5, 0.6) is 0 Å². The van der Waals surface area contributed by atoms with Crippen LogP contribution in [0.25, 0.3) is 22.2 Å². The van der Waals surface area contributed by atoms with E-state index in [-0.39, 0.29) is 5.91 Å². The molecule has 7 nitrogen and oxygen atoms in total. The second kappa shape index (κ2) is 10.6. The van der Waals surface area contributed by atoms with Crippen molar-refractivity contribution in [1.82, 2.24) is 19.4 Å². The summed E-state index contributed by atoms with van der Waals surface area (Å²) in [5.41, 5.74) is 8.54. The van der Waals surface area contributed by atoms with E-state index in [2.05, 4.69) is 83.0 Å². The van der Waals surface area contributed by atoms with Crippen molar-refractivity contribution in [3.8, 4) is 11.3 Å².